The molecule has 0 bridgehead atoms. The Kier molecular flexibility index (Phi) is 5.17. The lowest BCUT2D eigenvalue weighted by molar-refractivity contribution is -0.970. The highest BCUT2D eigenvalue weighted by Gasteiger charge is 2.48. The third kappa shape index (κ3) is 3.07. The van der Waals surface area contributed by atoms with Crippen molar-refractivity contribution >= 4 is 0 Å². The first kappa shape index (κ1) is 16.3. The van der Waals surface area contributed by atoms with Crippen molar-refractivity contribution in [1.82, 2.24) is 0 Å². The molecule has 1 heteroatoms. The van der Waals surface area contributed by atoms with Crippen LogP contribution in [0, 0.1) is 0 Å². The zero-order valence-electron chi connectivity index (χ0n) is 14.6. The van der Waals surface area contributed by atoms with Gasteiger partial charge in [-0.15, -0.1) is 0 Å². The molecule has 0 spiro atoms. The number of likely N-dealkylation sites (tertiary alicyclic amines) is 1. The number of nitrogens with zero attached hydrogens (tertiary/aromatic N) is 1. The average molecular weight is 308 g/mol. The summed E-state index contributed by atoms with van der Waals surface area (Å²) in [5.74, 6) is 0. The normalized spacial score (nSPS) is 23.0. The van der Waals surface area contributed by atoms with E-state index in [9.17, 15) is 0 Å². The summed E-state index contributed by atoms with van der Waals surface area (Å²) < 4.78 is 1.24. The predicted molar refractivity (Wildman–Crippen MR) is 98.2 cm³/mol. The first-order chi connectivity index (χ1) is 11.3. The van der Waals surface area contributed by atoms with E-state index in [1.807, 2.05) is 0 Å². The van der Waals surface area contributed by atoms with Gasteiger partial charge in [0.2, 0.25) is 0 Å². The maximum atomic E-state index is 2.40. The van der Waals surface area contributed by atoms with Crippen LogP contribution in [0.2, 0.25) is 0 Å². The molecule has 1 nitrogen and oxygen atoms in total. The molecule has 1 aliphatic heterocycles. The van der Waals surface area contributed by atoms with E-state index in [0.717, 1.165) is 0 Å². The number of hydrogen-bond acceptors (Lipinski definition) is 0. The number of quaternary nitrogens is 1. The highest BCUT2D eigenvalue weighted by Crippen LogP contribution is 2.50. The average Bonchev–Trinajstić information content (AvgIpc) is 3.01. The second-order valence-corrected chi connectivity index (χ2v) is 6.93. The van der Waals surface area contributed by atoms with Crippen LogP contribution in [0.3, 0.4) is 0 Å². The number of benzene rings is 2. The molecule has 0 radical (unpaired) electrons. The lowest BCUT2D eigenvalue weighted by Crippen LogP contribution is -2.49. The maximum absolute atomic E-state index is 2.40. The fraction of sp³-hybridized carbons (Fsp3) is 0.455. The van der Waals surface area contributed by atoms with Gasteiger partial charge in [-0.1, -0.05) is 74.0 Å². The highest BCUT2D eigenvalue weighted by atomic mass is 15.4. The van der Waals surface area contributed by atoms with E-state index in [1.165, 1.54) is 54.4 Å². The van der Waals surface area contributed by atoms with E-state index in [1.54, 1.807) is 0 Å². The molecule has 122 valence electrons. The molecule has 1 aliphatic rings. The standard InChI is InChI=1S/C22H30N/c1-3-5-18-23(4-2)21(19-12-8-6-9-13-19)16-17-22(23)20-14-10-7-11-15-20/h6-15,21-22H,3-5,16-18H2,1-2H3/q+1/t21-,22-/m0/s1. The monoisotopic (exact) mass is 308 g/mol. The van der Waals surface area contributed by atoms with E-state index in [4.69, 9.17) is 0 Å². The molecule has 1 heterocycles. The summed E-state index contributed by atoms with van der Waals surface area (Å²) in [5, 5.41) is 0. The van der Waals surface area contributed by atoms with Crippen molar-refractivity contribution in [2.45, 2.75) is 51.6 Å². The lowest BCUT2D eigenvalue weighted by Gasteiger charge is -2.45. The van der Waals surface area contributed by atoms with Crippen LogP contribution < -0.4 is 0 Å². The summed E-state index contributed by atoms with van der Waals surface area (Å²) in [6.45, 7) is 7.23. The minimum absolute atomic E-state index is 0.651. The Hall–Kier alpha value is -1.60. The van der Waals surface area contributed by atoms with Gasteiger partial charge in [0.25, 0.3) is 0 Å². The summed E-state index contributed by atoms with van der Waals surface area (Å²) in [4.78, 5) is 0. The molecular formula is C22H30N+. The van der Waals surface area contributed by atoms with Crippen LogP contribution in [0.4, 0.5) is 0 Å². The van der Waals surface area contributed by atoms with Crippen molar-refractivity contribution in [2.24, 2.45) is 0 Å². The van der Waals surface area contributed by atoms with Crippen molar-refractivity contribution in [3.05, 3.63) is 71.8 Å². The van der Waals surface area contributed by atoms with Crippen LogP contribution in [-0.4, -0.2) is 17.6 Å². The second kappa shape index (κ2) is 7.31. The van der Waals surface area contributed by atoms with E-state index in [0.29, 0.717) is 12.1 Å². The Bertz CT molecular complexity index is 542. The predicted octanol–water partition coefficient (Wildman–Crippen LogP) is 5.90. The number of hydrogen-bond donors (Lipinski definition) is 0. The zero-order valence-corrected chi connectivity index (χ0v) is 14.6. The molecule has 3 rings (SSSR count). The van der Waals surface area contributed by atoms with Crippen molar-refractivity contribution in [3.63, 3.8) is 0 Å². The van der Waals surface area contributed by atoms with Crippen LogP contribution in [-0.2, 0) is 0 Å². The van der Waals surface area contributed by atoms with E-state index in [-0.39, 0.29) is 0 Å². The summed E-state index contributed by atoms with van der Waals surface area (Å²) in [5.41, 5.74) is 3.06. The van der Waals surface area contributed by atoms with Crippen LogP contribution in [0.25, 0.3) is 0 Å². The Balaban J connectivity index is 2.00. The smallest absolute Gasteiger partial charge is 0.115 e. The fourth-order valence-corrected chi connectivity index (χ4v) is 4.69. The van der Waals surface area contributed by atoms with Gasteiger partial charge in [0, 0.05) is 24.0 Å². The highest BCUT2D eigenvalue weighted by molar-refractivity contribution is 5.22. The molecule has 0 unspecified atom stereocenters. The molecule has 2 aromatic carbocycles. The number of unbranched alkanes of at least 4 members (excludes halogenated alkanes) is 1. The largest absolute Gasteiger partial charge is 0.311 e. The Morgan fingerprint density at radius 3 is 1.65 bits per heavy atom. The van der Waals surface area contributed by atoms with Gasteiger partial charge in [-0.2, -0.15) is 0 Å². The molecule has 2 atom stereocenters. The Morgan fingerprint density at radius 1 is 0.783 bits per heavy atom. The summed E-state index contributed by atoms with van der Waals surface area (Å²) in [6.07, 6.45) is 5.21. The fourth-order valence-electron chi connectivity index (χ4n) is 4.69. The number of rotatable bonds is 6. The molecule has 0 aromatic heterocycles. The molecule has 0 saturated carbocycles. The molecular weight excluding hydrogens is 278 g/mol. The SMILES string of the molecule is CCCC[N+]1(CC)[C@H](c2ccccc2)CC[C@H]1c1ccccc1. The van der Waals surface area contributed by atoms with Gasteiger partial charge in [-0.05, 0) is 13.3 Å². The first-order valence-corrected chi connectivity index (χ1v) is 9.28. The summed E-state index contributed by atoms with van der Waals surface area (Å²) in [6, 6.07) is 23.8. The van der Waals surface area contributed by atoms with Crippen molar-refractivity contribution in [1.29, 1.82) is 0 Å². The third-order valence-electron chi connectivity index (χ3n) is 5.84. The summed E-state index contributed by atoms with van der Waals surface area (Å²) >= 11 is 0. The maximum Gasteiger partial charge on any atom is 0.115 e. The van der Waals surface area contributed by atoms with Gasteiger partial charge in [0.1, 0.15) is 12.1 Å². The van der Waals surface area contributed by atoms with E-state index >= 15 is 0 Å². The van der Waals surface area contributed by atoms with Crippen LogP contribution in [0.15, 0.2) is 60.7 Å². The molecule has 23 heavy (non-hydrogen) atoms. The summed E-state index contributed by atoms with van der Waals surface area (Å²) in [7, 11) is 0. The van der Waals surface area contributed by atoms with Gasteiger partial charge in [0.15, 0.2) is 0 Å². The van der Waals surface area contributed by atoms with Crippen molar-refractivity contribution < 1.29 is 4.48 Å². The minimum Gasteiger partial charge on any atom is -0.311 e. The quantitative estimate of drug-likeness (QED) is 0.583. The molecule has 2 aromatic rings. The van der Waals surface area contributed by atoms with Crippen molar-refractivity contribution in [3.8, 4) is 0 Å². The molecule has 0 N–H and O–H groups in total. The Morgan fingerprint density at radius 2 is 1.26 bits per heavy atom. The van der Waals surface area contributed by atoms with Crippen molar-refractivity contribution in [2.75, 3.05) is 13.1 Å². The first-order valence-electron chi connectivity index (χ1n) is 9.28. The van der Waals surface area contributed by atoms with Gasteiger partial charge < -0.3 is 4.48 Å². The lowest BCUT2D eigenvalue weighted by atomic mass is 10.0. The topological polar surface area (TPSA) is 0 Å². The van der Waals surface area contributed by atoms with Crippen LogP contribution >= 0.6 is 0 Å². The van der Waals surface area contributed by atoms with Crippen LogP contribution in [0.1, 0.15) is 62.7 Å². The second-order valence-electron chi connectivity index (χ2n) is 6.93. The van der Waals surface area contributed by atoms with Gasteiger partial charge in [-0.25, -0.2) is 0 Å². The van der Waals surface area contributed by atoms with Crippen LogP contribution in [0.5, 0.6) is 0 Å². The molecule has 1 fully saturated rings. The van der Waals surface area contributed by atoms with E-state index < -0.39 is 0 Å². The van der Waals surface area contributed by atoms with Gasteiger partial charge in [-0.3, -0.25) is 0 Å². The minimum atomic E-state index is 0.651. The Labute approximate surface area is 141 Å². The molecule has 0 amide bonds. The van der Waals surface area contributed by atoms with Gasteiger partial charge >= 0.3 is 0 Å². The van der Waals surface area contributed by atoms with Gasteiger partial charge in [0.05, 0.1) is 13.1 Å². The molecule has 0 aliphatic carbocycles. The third-order valence-corrected chi connectivity index (χ3v) is 5.84. The van der Waals surface area contributed by atoms with E-state index in [2.05, 4.69) is 74.5 Å². The zero-order chi connectivity index (χ0) is 16.1. The molecule has 1 saturated heterocycles.